The van der Waals surface area contributed by atoms with E-state index in [9.17, 15) is 9.59 Å². The third kappa shape index (κ3) is 7.75. The number of halogens is 1. The van der Waals surface area contributed by atoms with E-state index in [4.69, 9.17) is 11.6 Å². The number of carbonyl (C=O) groups is 2. The van der Waals surface area contributed by atoms with Crippen LogP contribution in [0.15, 0.2) is 54.6 Å². The predicted octanol–water partition coefficient (Wildman–Crippen LogP) is 4.91. The highest BCUT2D eigenvalue weighted by atomic mass is 35.5. The van der Waals surface area contributed by atoms with Gasteiger partial charge >= 0.3 is 0 Å². The van der Waals surface area contributed by atoms with Crippen molar-refractivity contribution in [1.82, 2.24) is 10.2 Å². The van der Waals surface area contributed by atoms with Gasteiger partial charge in [-0.2, -0.15) is 11.8 Å². The van der Waals surface area contributed by atoms with Crippen molar-refractivity contribution in [2.75, 3.05) is 12.3 Å². The highest BCUT2D eigenvalue weighted by Crippen LogP contribution is 2.20. The lowest BCUT2D eigenvalue weighted by Crippen LogP contribution is -2.47. The molecule has 0 aliphatic heterocycles. The fourth-order valence-corrected chi connectivity index (χ4v) is 3.94. The summed E-state index contributed by atoms with van der Waals surface area (Å²) in [5.41, 5.74) is 2.08. The third-order valence-electron chi connectivity index (χ3n) is 4.59. The maximum absolute atomic E-state index is 13.0. The summed E-state index contributed by atoms with van der Waals surface area (Å²) in [7, 11) is 0. The summed E-state index contributed by atoms with van der Waals surface area (Å²) < 4.78 is 0. The van der Waals surface area contributed by atoms with Gasteiger partial charge in [-0.3, -0.25) is 9.59 Å². The lowest BCUT2D eigenvalue weighted by Gasteiger charge is -2.29. The van der Waals surface area contributed by atoms with Crippen LogP contribution in [-0.4, -0.2) is 35.1 Å². The van der Waals surface area contributed by atoms with Crippen molar-refractivity contribution in [2.45, 2.75) is 45.0 Å². The maximum atomic E-state index is 13.0. The zero-order valence-electron chi connectivity index (χ0n) is 17.1. The molecule has 0 heterocycles. The Hall–Kier alpha value is -1.98. The van der Waals surface area contributed by atoms with Crippen LogP contribution in [0.4, 0.5) is 0 Å². The molecule has 0 aromatic heterocycles. The fraction of sp³-hybridized carbons (Fsp3) is 0.391. The van der Waals surface area contributed by atoms with Crippen molar-refractivity contribution in [1.29, 1.82) is 0 Å². The van der Waals surface area contributed by atoms with E-state index >= 15 is 0 Å². The van der Waals surface area contributed by atoms with E-state index in [1.165, 1.54) is 5.56 Å². The summed E-state index contributed by atoms with van der Waals surface area (Å²) in [6, 6.07) is 17.1. The lowest BCUT2D eigenvalue weighted by molar-refractivity contribution is -0.140. The largest absolute Gasteiger partial charge is 0.354 e. The molecule has 1 unspecified atom stereocenters. The Morgan fingerprint density at radius 2 is 1.79 bits per heavy atom. The van der Waals surface area contributed by atoms with Crippen LogP contribution in [-0.2, 0) is 21.9 Å². The van der Waals surface area contributed by atoms with Gasteiger partial charge in [0, 0.05) is 36.0 Å². The Kier molecular flexibility index (Phi) is 10.1. The van der Waals surface area contributed by atoms with Gasteiger partial charge < -0.3 is 10.2 Å². The van der Waals surface area contributed by atoms with Crippen LogP contribution in [0.3, 0.4) is 0 Å². The van der Waals surface area contributed by atoms with Crippen LogP contribution in [0.2, 0.25) is 5.02 Å². The first kappa shape index (κ1) is 23.3. The van der Waals surface area contributed by atoms with Crippen LogP contribution in [0.25, 0.3) is 0 Å². The quantitative estimate of drug-likeness (QED) is 0.513. The Labute approximate surface area is 183 Å². The molecule has 1 N–H and O–H groups in total. The minimum atomic E-state index is -0.551. The van der Waals surface area contributed by atoms with Crippen molar-refractivity contribution in [3.63, 3.8) is 0 Å². The van der Waals surface area contributed by atoms with E-state index in [1.807, 2.05) is 43.3 Å². The Balaban J connectivity index is 1.99. The summed E-state index contributed by atoms with van der Waals surface area (Å²) in [6.07, 6.45) is 1.24. The Bertz CT molecular complexity index is 785. The normalized spacial score (nSPS) is 11.7. The van der Waals surface area contributed by atoms with Gasteiger partial charge in [0.15, 0.2) is 0 Å². The molecule has 2 amide bonds. The molecule has 0 fully saturated rings. The topological polar surface area (TPSA) is 49.4 Å². The number of thioether (sulfide) groups is 1. The number of nitrogens with one attached hydrogen (secondary N) is 1. The molecule has 0 saturated carbocycles. The molecule has 156 valence electrons. The average molecular weight is 433 g/mol. The second kappa shape index (κ2) is 12.6. The first-order valence-electron chi connectivity index (χ1n) is 9.95. The monoisotopic (exact) mass is 432 g/mol. The zero-order chi connectivity index (χ0) is 21.1. The van der Waals surface area contributed by atoms with Crippen LogP contribution < -0.4 is 5.32 Å². The predicted molar refractivity (Wildman–Crippen MR) is 122 cm³/mol. The van der Waals surface area contributed by atoms with Crippen LogP contribution in [0.5, 0.6) is 0 Å². The standard InChI is InChI=1S/C23H29ClN2O2S/c1-3-14-25-23(28)18(2)26(16-20-11-7-8-12-21(20)24)22(27)13-15-29-17-19-9-5-4-6-10-19/h4-12,18H,3,13-17H2,1-2H3,(H,25,28). The van der Waals surface area contributed by atoms with Crippen LogP contribution in [0, 0.1) is 0 Å². The number of amides is 2. The van der Waals surface area contributed by atoms with Gasteiger partial charge in [-0.25, -0.2) is 0 Å². The number of hydrogen-bond acceptors (Lipinski definition) is 3. The summed E-state index contributed by atoms with van der Waals surface area (Å²) in [4.78, 5) is 27.1. The molecule has 2 aromatic carbocycles. The molecule has 0 aliphatic carbocycles. The maximum Gasteiger partial charge on any atom is 0.242 e. The molecule has 1 atom stereocenters. The molecular weight excluding hydrogens is 404 g/mol. The molecule has 29 heavy (non-hydrogen) atoms. The van der Waals surface area contributed by atoms with E-state index in [2.05, 4.69) is 17.4 Å². The number of hydrogen-bond donors (Lipinski definition) is 1. The highest BCUT2D eigenvalue weighted by molar-refractivity contribution is 7.98. The van der Waals surface area contributed by atoms with Gasteiger partial charge in [0.05, 0.1) is 0 Å². The molecule has 4 nitrogen and oxygen atoms in total. The second-order valence-electron chi connectivity index (χ2n) is 6.87. The molecule has 0 aliphatic rings. The second-order valence-corrected chi connectivity index (χ2v) is 8.38. The van der Waals surface area contributed by atoms with Crippen molar-refractivity contribution < 1.29 is 9.59 Å². The van der Waals surface area contributed by atoms with Crippen molar-refractivity contribution in [2.24, 2.45) is 0 Å². The molecule has 0 saturated heterocycles. The summed E-state index contributed by atoms with van der Waals surface area (Å²) >= 11 is 8.01. The molecule has 0 spiro atoms. The van der Waals surface area contributed by atoms with Crippen molar-refractivity contribution in [3.05, 3.63) is 70.7 Å². The van der Waals surface area contributed by atoms with E-state index < -0.39 is 6.04 Å². The third-order valence-corrected chi connectivity index (χ3v) is 5.99. The van der Waals surface area contributed by atoms with Crippen LogP contribution in [0.1, 0.15) is 37.8 Å². The fourth-order valence-electron chi connectivity index (χ4n) is 2.86. The van der Waals surface area contributed by atoms with Gasteiger partial charge in [0.25, 0.3) is 0 Å². The van der Waals surface area contributed by atoms with Gasteiger partial charge in [-0.05, 0) is 30.5 Å². The minimum absolute atomic E-state index is 0.0374. The molecule has 0 bridgehead atoms. The number of carbonyl (C=O) groups excluding carboxylic acids is 2. The first-order chi connectivity index (χ1) is 14.0. The highest BCUT2D eigenvalue weighted by Gasteiger charge is 2.26. The van der Waals surface area contributed by atoms with Gasteiger partial charge in [0.1, 0.15) is 6.04 Å². The molecule has 2 rings (SSSR count). The molecule has 6 heteroatoms. The smallest absolute Gasteiger partial charge is 0.242 e. The lowest BCUT2D eigenvalue weighted by atomic mass is 10.1. The van der Waals surface area contributed by atoms with Crippen LogP contribution >= 0.6 is 23.4 Å². The number of rotatable bonds is 11. The molecular formula is C23H29ClN2O2S. The number of nitrogens with zero attached hydrogens (tertiary/aromatic N) is 1. The first-order valence-corrected chi connectivity index (χ1v) is 11.5. The van der Waals surface area contributed by atoms with E-state index in [-0.39, 0.29) is 11.8 Å². The summed E-state index contributed by atoms with van der Waals surface area (Å²) in [5.74, 6) is 1.40. The van der Waals surface area contributed by atoms with E-state index in [0.29, 0.717) is 30.3 Å². The SMILES string of the molecule is CCCNC(=O)C(C)N(Cc1ccccc1Cl)C(=O)CCSCc1ccccc1. The Morgan fingerprint density at radius 1 is 1.10 bits per heavy atom. The van der Waals surface area contributed by atoms with E-state index in [1.54, 1.807) is 29.7 Å². The van der Waals surface area contributed by atoms with Gasteiger partial charge in [0.2, 0.25) is 11.8 Å². The molecule has 2 aromatic rings. The molecule has 0 radical (unpaired) electrons. The Morgan fingerprint density at radius 3 is 2.48 bits per heavy atom. The minimum Gasteiger partial charge on any atom is -0.354 e. The van der Waals surface area contributed by atoms with E-state index in [0.717, 1.165) is 17.7 Å². The summed E-state index contributed by atoms with van der Waals surface area (Å²) in [5, 5.41) is 3.49. The van der Waals surface area contributed by atoms with Gasteiger partial charge in [-0.15, -0.1) is 0 Å². The van der Waals surface area contributed by atoms with Crippen molar-refractivity contribution >= 4 is 35.2 Å². The summed E-state index contributed by atoms with van der Waals surface area (Å²) in [6.45, 7) is 4.70. The number of benzene rings is 2. The average Bonchev–Trinajstić information content (AvgIpc) is 2.74. The van der Waals surface area contributed by atoms with Gasteiger partial charge in [-0.1, -0.05) is 67.1 Å². The zero-order valence-corrected chi connectivity index (χ0v) is 18.6. The van der Waals surface area contributed by atoms with Crippen molar-refractivity contribution in [3.8, 4) is 0 Å².